The zero-order chi connectivity index (χ0) is 28.1. The number of aryl methyl sites for hydroxylation is 1. The maximum Gasteiger partial charge on any atom is 0.416 e. The van der Waals surface area contributed by atoms with Gasteiger partial charge in [0.2, 0.25) is 5.91 Å². The minimum atomic E-state index is -4.63. The first-order chi connectivity index (χ1) is 18.4. The molecule has 9 nitrogen and oxygen atoms in total. The molecule has 0 radical (unpaired) electrons. The number of alkyl halides is 5. The normalized spacial score (nSPS) is 18.9. The summed E-state index contributed by atoms with van der Waals surface area (Å²) in [5.74, 6) is -4.77. The van der Waals surface area contributed by atoms with Gasteiger partial charge in [-0.2, -0.15) is 13.2 Å². The van der Waals surface area contributed by atoms with Gasteiger partial charge in [-0.05, 0) is 43.9 Å². The fourth-order valence-electron chi connectivity index (χ4n) is 4.57. The molecule has 5 rings (SSSR count). The Kier molecular flexibility index (Phi) is 6.69. The monoisotopic (exact) mass is 553 g/mol. The van der Waals surface area contributed by atoms with E-state index in [1.165, 1.54) is 13.0 Å². The minimum Gasteiger partial charge on any atom is -0.493 e. The topological polar surface area (TPSA) is 120 Å². The number of nitrogens with one attached hydrogen (secondary N) is 2. The number of hydrogen-bond acceptors (Lipinski definition) is 6. The molecule has 1 atom stereocenters. The van der Waals surface area contributed by atoms with Crippen LogP contribution in [0.25, 0.3) is 22.3 Å². The number of carbonyl (C=O) groups excluding carboxylic acids is 2. The number of aliphatic hydroxyl groups excluding tert-OH is 1. The summed E-state index contributed by atoms with van der Waals surface area (Å²) in [5, 5.41) is 11.2. The molecule has 0 bridgehead atoms. The lowest BCUT2D eigenvalue weighted by Gasteiger charge is -2.18. The number of fused-ring (bicyclic) bond motifs is 1. The second-order valence-corrected chi connectivity index (χ2v) is 9.75. The van der Waals surface area contributed by atoms with E-state index in [1.54, 1.807) is 0 Å². The van der Waals surface area contributed by atoms with Gasteiger partial charge in [0.25, 0.3) is 11.8 Å². The Bertz CT molecular complexity index is 1440. The third-order valence-electron chi connectivity index (χ3n) is 6.84. The molecule has 1 saturated carbocycles. The molecule has 0 unspecified atom stereocenters. The zero-order valence-corrected chi connectivity index (χ0v) is 20.6. The van der Waals surface area contributed by atoms with E-state index in [9.17, 15) is 31.5 Å². The van der Waals surface area contributed by atoms with Gasteiger partial charge in [-0.3, -0.25) is 9.59 Å². The summed E-state index contributed by atoms with van der Waals surface area (Å²) in [6.07, 6.45) is -1.63. The summed E-state index contributed by atoms with van der Waals surface area (Å²) in [5.41, 5.74) is -0.562. The van der Waals surface area contributed by atoms with Crippen LogP contribution in [0.15, 0.2) is 24.5 Å². The average Bonchev–Trinajstić information content (AvgIpc) is 3.57. The third-order valence-corrected chi connectivity index (χ3v) is 6.84. The molecule has 2 aromatic heterocycles. The van der Waals surface area contributed by atoms with Crippen LogP contribution in [0.1, 0.15) is 34.5 Å². The fraction of sp³-hybridized carbons (Fsp3) is 0.440. The maximum absolute atomic E-state index is 14.5. The molecule has 1 aliphatic carbocycles. The lowest BCUT2D eigenvalue weighted by molar-refractivity contribution is -0.137. The molecule has 0 spiro atoms. The number of halogens is 5. The standard InChI is InChI=1S/C25H24F5N5O4/c1-12-19(23(38)34-17-7-35(18(37)8-36)10-24(17,26)27)21-22(33-12)20(31-11-32-21)15-6-14(25(28,29)30)4-5-16(15)39-9-13-2-3-13/h4-6,11,13,17,33,36H,2-3,7-10H2,1H3,(H,34,38)/t17-/m1/s1. The van der Waals surface area contributed by atoms with Crippen LogP contribution in [0, 0.1) is 12.8 Å². The van der Waals surface area contributed by atoms with E-state index in [1.807, 2.05) is 0 Å². The molecular weight excluding hydrogens is 529 g/mol. The molecule has 39 heavy (non-hydrogen) atoms. The summed E-state index contributed by atoms with van der Waals surface area (Å²) in [6, 6.07) is 1.32. The molecule has 1 saturated heterocycles. The average molecular weight is 553 g/mol. The van der Waals surface area contributed by atoms with Crippen molar-refractivity contribution in [2.45, 2.75) is 37.9 Å². The van der Waals surface area contributed by atoms with Crippen molar-refractivity contribution in [1.29, 1.82) is 0 Å². The first-order valence-corrected chi connectivity index (χ1v) is 12.1. The number of aliphatic hydroxyl groups is 1. The van der Waals surface area contributed by atoms with Crippen LogP contribution in [-0.2, 0) is 11.0 Å². The van der Waals surface area contributed by atoms with E-state index in [-0.39, 0.29) is 39.3 Å². The Balaban J connectivity index is 1.51. The van der Waals surface area contributed by atoms with E-state index < -0.39 is 55.2 Å². The highest BCUT2D eigenvalue weighted by Crippen LogP contribution is 2.40. The zero-order valence-electron chi connectivity index (χ0n) is 20.6. The summed E-state index contributed by atoms with van der Waals surface area (Å²) in [4.78, 5) is 36.8. The van der Waals surface area contributed by atoms with Gasteiger partial charge < -0.3 is 25.0 Å². The second kappa shape index (κ2) is 9.74. The number of aromatic nitrogens is 3. The quantitative estimate of drug-likeness (QED) is 0.386. The summed E-state index contributed by atoms with van der Waals surface area (Å²) in [6.45, 7) is -0.595. The Morgan fingerprint density at radius 2 is 2.00 bits per heavy atom. The van der Waals surface area contributed by atoms with Crippen molar-refractivity contribution < 1.29 is 41.4 Å². The van der Waals surface area contributed by atoms with Crippen molar-refractivity contribution in [2.75, 3.05) is 26.3 Å². The lowest BCUT2D eigenvalue weighted by atomic mass is 10.0. The van der Waals surface area contributed by atoms with Crippen molar-refractivity contribution >= 4 is 22.8 Å². The number of carbonyl (C=O) groups is 2. The molecule has 14 heteroatoms. The first kappa shape index (κ1) is 26.8. The molecule has 3 N–H and O–H groups in total. The molecule has 2 fully saturated rings. The van der Waals surface area contributed by atoms with E-state index in [0.29, 0.717) is 12.5 Å². The highest BCUT2D eigenvalue weighted by Gasteiger charge is 2.50. The third kappa shape index (κ3) is 5.24. The van der Waals surface area contributed by atoms with Crippen LogP contribution in [0.5, 0.6) is 5.75 Å². The Morgan fingerprint density at radius 1 is 1.26 bits per heavy atom. The van der Waals surface area contributed by atoms with Crippen LogP contribution in [0.3, 0.4) is 0 Å². The molecule has 3 aromatic rings. The Morgan fingerprint density at radius 3 is 2.67 bits per heavy atom. The van der Waals surface area contributed by atoms with E-state index in [2.05, 4.69) is 20.3 Å². The number of likely N-dealkylation sites (tertiary alicyclic amines) is 1. The number of amides is 2. The summed E-state index contributed by atoms with van der Waals surface area (Å²) >= 11 is 0. The van der Waals surface area contributed by atoms with Crippen LogP contribution in [0.2, 0.25) is 0 Å². The predicted molar refractivity (Wildman–Crippen MR) is 127 cm³/mol. The molecule has 1 aliphatic heterocycles. The highest BCUT2D eigenvalue weighted by molar-refractivity contribution is 6.09. The number of aromatic amines is 1. The fourth-order valence-corrected chi connectivity index (χ4v) is 4.57. The van der Waals surface area contributed by atoms with Gasteiger partial charge in [-0.1, -0.05) is 0 Å². The van der Waals surface area contributed by atoms with Gasteiger partial charge in [0.05, 0.1) is 29.8 Å². The van der Waals surface area contributed by atoms with Gasteiger partial charge in [0, 0.05) is 17.8 Å². The van der Waals surface area contributed by atoms with Crippen LogP contribution in [0.4, 0.5) is 22.0 Å². The number of nitrogens with zero attached hydrogens (tertiary/aromatic N) is 3. The molecule has 208 valence electrons. The minimum absolute atomic E-state index is 0.0187. The van der Waals surface area contributed by atoms with Crippen molar-refractivity contribution in [1.82, 2.24) is 25.2 Å². The molecular formula is C25H24F5N5O4. The van der Waals surface area contributed by atoms with Crippen LogP contribution in [-0.4, -0.2) is 75.0 Å². The highest BCUT2D eigenvalue weighted by atomic mass is 19.4. The smallest absolute Gasteiger partial charge is 0.416 e. The van der Waals surface area contributed by atoms with E-state index in [0.717, 1.165) is 36.2 Å². The number of rotatable bonds is 7. The maximum atomic E-state index is 14.5. The van der Waals surface area contributed by atoms with E-state index in [4.69, 9.17) is 9.84 Å². The van der Waals surface area contributed by atoms with Crippen LogP contribution < -0.4 is 10.1 Å². The van der Waals surface area contributed by atoms with Gasteiger partial charge in [-0.15, -0.1) is 0 Å². The molecule has 1 aromatic carbocycles. The van der Waals surface area contributed by atoms with Crippen LogP contribution >= 0.6 is 0 Å². The Hall–Kier alpha value is -3.81. The number of ether oxygens (including phenoxy) is 1. The predicted octanol–water partition coefficient (Wildman–Crippen LogP) is 3.31. The van der Waals surface area contributed by atoms with Crippen molar-refractivity contribution in [3.8, 4) is 17.0 Å². The number of hydrogen-bond donors (Lipinski definition) is 3. The van der Waals surface area contributed by atoms with Crippen molar-refractivity contribution in [3.63, 3.8) is 0 Å². The second-order valence-electron chi connectivity index (χ2n) is 9.75. The SMILES string of the molecule is Cc1[nH]c2c(-c3cc(C(F)(F)F)ccc3OCC3CC3)ncnc2c1C(=O)N[C@@H]1CN(C(=O)CO)CC1(F)F. The van der Waals surface area contributed by atoms with Gasteiger partial charge >= 0.3 is 6.18 Å². The largest absolute Gasteiger partial charge is 0.493 e. The van der Waals surface area contributed by atoms with Gasteiger partial charge in [-0.25, -0.2) is 18.7 Å². The van der Waals surface area contributed by atoms with Crippen molar-refractivity contribution in [2.24, 2.45) is 5.92 Å². The van der Waals surface area contributed by atoms with Crippen molar-refractivity contribution in [3.05, 3.63) is 41.3 Å². The van der Waals surface area contributed by atoms with Gasteiger partial charge in [0.15, 0.2) is 0 Å². The molecule has 2 amide bonds. The van der Waals surface area contributed by atoms with Gasteiger partial charge in [0.1, 0.15) is 35.9 Å². The number of H-pyrrole nitrogens is 1. The van der Waals surface area contributed by atoms with E-state index >= 15 is 0 Å². The first-order valence-electron chi connectivity index (χ1n) is 12.1. The molecule has 3 heterocycles. The lowest BCUT2D eigenvalue weighted by Crippen LogP contribution is -2.46. The Labute approximate surface area is 218 Å². The summed E-state index contributed by atoms with van der Waals surface area (Å²) < 4.78 is 75.5. The molecule has 2 aliphatic rings. The number of benzene rings is 1. The summed E-state index contributed by atoms with van der Waals surface area (Å²) in [7, 11) is 0.